The van der Waals surface area contributed by atoms with Gasteiger partial charge in [-0.25, -0.2) is 4.99 Å². The van der Waals surface area contributed by atoms with Crippen LogP contribution in [0.25, 0.3) is 0 Å². The number of rotatable bonds is 8. The molecular weight excluding hydrogens is 519 g/mol. The number of nitrogens with one attached hydrogen (secondary N) is 3. The monoisotopic (exact) mass is 552 g/mol. The van der Waals surface area contributed by atoms with E-state index in [1.165, 1.54) is 5.56 Å². The molecular formula is C24H33IN4O3. The fourth-order valence-electron chi connectivity index (χ4n) is 3.51. The summed E-state index contributed by atoms with van der Waals surface area (Å²) in [5.41, 5.74) is 3.90. The molecule has 3 rings (SSSR count). The Balaban J connectivity index is 0.00000363. The van der Waals surface area contributed by atoms with Gasteiger partial charge in [-0.05, 0) is 50.6 Å². The molecule has 2 aromatic carbocycles. The van der Waals surface area contributed by atoms with Crippen molar-refractivity contribution in [1.29, 1.82) is 0 Å². The zero-order chi connectivity index (χ0) is 22.2. The molecule has 0 aromatic heterocycles. The third-order valence-electron chi connectivity index (χ3n) is 5.03. The Morgan fingerprint density at radius 1 is 1.19 bits per heavy atom. The Kier molecular flexibility index (Phi) is 10.1. The minimum atomic E-state index is -0.0946. The SMILES string of the molecule is CCNC(=NCc1ccc(C(=O)NC)cc1)NCc1cc2c(cc1OCC)CC(C)O2.I. The predicted molar refractivity (Wildman–Crippen MR) is 138 cm³/mol. The summed E-state index contributed by atoms with van der Waals surface area (Å²) in [5, 5.41) is 9.29. The first-order valence-corrected chi connectivity index (χ1v) is 10.8. The number of hydrogen-bond donors (Lipinski definition) is 3. The molecule has 0 fully saturated rings. The fourth-order valence-corrected chi connectivity index (χ4v) is 3.51. The average Bonchev–Trinajstić information content (AvgIpc) is 3.14. The van der Waals surface area contributed by atoms with Crippen molar-refractivity contribution < 1.29 is 14.3 Å². The smallest absolute Gasteiger partial charge is 0.251 e. The van der Waals surface area contributed by atoms with E-state index in [9.17, 15) is 4.79 Å². The fraction of sp³-hybridized carbons (Fsp3) is 0.417. The van der Waals surface area contributed by atoms with Gasteiger partial charge in [0.05, 0.1) is 13.2 Å². The Labute approximate surface area is 207 Å². The molecule has 1 aliphatic heterocycles. The Bertz CT molecular complexity index is 932. The second-order valence-electron chi connectivity index (χ2n) is 7.46. The van der Waals surface area contributed by atoms with E-state index in [-0.39, 0.29) is 36.0 Å². The van der Waals surface area contributed by atoms with Crippen LogP contribution in [0.15, 0.2) is 41.4 Å². The summed E-state index contributed by atoms with van der Waals surface area (Å²) < 4.78 is 11.8. The van der Waals surface area contributed by atoms with Crippen molar-refractivity contribution in [2.75, 3.05) is 20.2 Å². The number of guanidine groups is 1. The molecule has 1 amide bonds. The van der Waals surface area contributed by atoms with Crippen LogP contribution in [0.4, 0.5) is 0 Å². The van der Waals surface area contributed by atoms with E-state index in [1.807, 2.05) is 38.1 Å². The summed E-state index contributed by atoms with van der Waals surface area (Å²) in [6.07, 6.45) is 1.10. The Morgan fingerprint density at radius 3 is 2.59 bits per heavy atom. The van der Waals surface area contributed by atoms with Crippen LogP contribution >= 0.6 is 24.0 Å². The molecule has 1 unspecified atom stereocenters. The number of carbonyl (C=O) groups is 1. The standard InChI is InChI=1S/C24H32N4O3.HI/c1-5-26-24(27-14-17-7-9-18(10-8-17)23(29)25-4)28-15-20-13-22-19(11-16(3)31-22)12-21(20)30-6-2;/h7-10,12-13,16H,5-6,11,14-15H2,1-4H3,(H,25,29)(H2,26,27,28);1H. The maximum Gasteiger partial charge on any atom is 0.251 e. The van der Waals surface area contributed by atoms with Gasteiger partial charge in [-0.3, -0.25) is 4.79 Å². The molecule has 1 aliphatic rings. The van der Waals surface area contributed by atoms with Crippen LogP contribution in [-0.2, 0) is 19.5 Å². The van der Waals surface area contributed by atoms with Gasteiger partial charge < -0.3 is 25.4 Å². The van der Waals surface area contributed by atoms with Crippen LogP contribution in [0.2, 0.25) is 0 Å². The van der Waals surface area contributed by atoms with E-state index in [0.717, 1.165) is 41.6 Å². The molecule has 32 heavy (non-hydrogen) atoms. The highest BCUT2D eigenvalue weighted by molar-refractivity contribution is 14.0. The molecule has 1 heterocycles. The minimum Gasteiger partial charge on any atom is -0.494 e. The number of hydrogen-bond acceptors (Lipinski definition) is 4. The first-order valence-electron chi connectivity index (χ1n) is 10.8. The molecule has 8 heteroatoms. The van der Waals surface area contributed by atoms with Crippen LogP contribution in [0, 0.1) is 0 Å². The first-order chi connectivity index (χ1) is 15.0. The van der Waals surface area contributed by atoms with E-state index >= 15 is 0 Å². The van der Waals surface area contributed by atoms with Crippen LogP contribution < -0.4 is 25.4 Å². The average molecular weight is 552 g/mol. The van der Waals surface area contributed by atoms with Crippen LogP contribution in [0.5, 0.6) is 11.5 Å². The van der Waals surface area contributed by atoms with E-state index in [1.54, 1.807) is 7.05 Å². The molecule has 0 saturated carbocycles. The summed E-state index contributed by atoms with van der Waals surface area (Å²) in [7, 11) is 1.62. The lowest BCUT2D eigenvalue weighted by atomic mass is 10.1. The normalized spacial score (nSPS) is 14.6. The summed E-state index contributed by atoms with van der Waals surface area (Å²) in [5.74, 6) is 2.44. The van der Waals surface area contributed by atoms with Crippen molar-refractivity contribution in [1.82, 2.24) is 16.0 Å². The number of benzene rings is 2. The van der Waals surface area contributed by atoms with E-state index in [2.05, 4.69) is 40.0 Å². The molecule has 0 aliphatic carbocycles. The van der Waals surface area contributed by atoms with Crippen molar-refractivity contribution in [3.63, 3.8) is 0 Å². The molecule has 0 saturated heterocycles. The van der Waals surface area contributed by atoms with Crippen LogP contribution in [0.1, 0.15) is 47.8 Å². The second kappa shape index (κ2) is 12.5. The van der Waals surface area contributed by atoms with Gasteiger partial charge in [-0.1, -0.05) is 12.1 Å². The third-order valence-corrected chi connectivity index (χ3v) is 5.03. The van der Waals surface area contributed by atoms with E-state index < -0.39 is 0 Å². The molecule has 2 aromatic rings. The highest BCUT2D eigenvalue weighted by Crippen LogP contribution is 2.35. The summed E-state index contributed by atoms with van der Waals surface area (Å²) >= 11 is 0. The first kappa shape index (κ1) is 25.8. The summed E-state index contributed by atoms with van der Waals surface area (Å²) in [4.78, 5) is 16.4. The molecule has 174 valence electrons. The molecule has 0 bridgehead atoms. The lowest BCUT2D eigenvalue weighted by Gasteiger charge is -2.15. The van der Waals surface area contributed by atoms with Crippen molar-refractivity contribution in [3.8, 4) is 11.5 Å². The summed E-state index contributed by atoms with van der Waals surface area (Å²) in [6, 6.07) is 11.6. The number of carbonyl (C=O) groups excluding carboxylic acids is 1. The van der Waals surface area contributed by atoms with Gasteiger partial charge in [-0.2, -0.15) is 0 Å². The number of aliphatic imine (C=N–C) groups is 1. The van der Waals surface area contributed by atoms with Crippen molar-refractivity contribution in [2.45, 2.75) is 46.4 Å². The number of ether oxygens (including phenoxy) is 2. The van der Waals surface area contributed by atoms with Crippen LogP contribution in [-0.4, -0.2) is 38.2 Å². The molecule has 0 spiro atoms. The van der Waals surface area contributed by atoms with Gasteiger partial charge in [0.25, 0.3) is 5.91 Å². The number of fused-ring (bicyclic) bond motifs is 1. The zero-order valence-electron chi connectivity index (χ0n) is 19.2. The van der Waals surface area contributed by atoms with Gasteiger partial charge >= 0.3 is 0 Å². The second-order valence-corrected chi connectivity index (χ2v) is 7.46. The highest BCUT2D eigenvalue weighted by Gasteiger charge is 2.21. The van der Waals surface area contributed by atoms with Crippen molar-refractivity contribution in [3.05, 3.63) is 58.7 Å². The Hall–Kier alpha value is -2.49. The number of halogens is 1. The van der Waals surface area contributed by atoms with Crippen molar-refractivity contribution >= 4 is 35.8 Å². The Morgan fingerprint density at radius 2 is 1.94 bits per heavy atom. The molecule has 1 atom stereocenters. The zero-order valence-corrected chi connectivity index (χ0v) is 21.5. The minimum absolute atomic E-state index is 0. The number of amides is 1. The summed E-state index contributed by atoms with van der Waals surface area (Å²) in [6.45, 7) is 8.55. The van der Waals surface area contributed by atoms with Gasteiger partial charge in [0.15, 0.2) is 5.96 Å². The van der Waals surface area contributed by atoms with Crippen molar-refractivity contribution in [2.24, 2.45) is 4.99 Å². The molecule has 0 radical (unpaired) electrons. The largest absolute Gasteiger partial charge is 0.494 e. The quantitative estimate of drug-likeness (QED) is 0.265. The van der Waals surface area contributed by atoms with Gasteiger partial charge in [0, 0.05) is 43.2 Å². The lowest BCUT2D eigenvalue weighted by Crippen LogP contribution is -2.36. The maximum atomic E-state index is 11.7. The third kappa shape index (κ3) is 6.75. The highest BCUT2D eigenvalue weighted by atomic mass is 127. The topological polar surface area (TPSA) is 84.0 Å². The van der Waals surface area contributed by atoms with Gasteiger partial charge in [0.2, 0.25) is 0 Å². The van der Waals surface area contributed by atoms with E-state index in [0.29, 0.717) is 25.3 Å². The molecule has 7 nitrogen and oxygen atoms in total. The maximum absolute atomic E-state index is 11.7. The lowest BCUT2D eigenvalue weighted by molar-refractivity contribution is 0.0963. The predicted octanol–water partition coefficient (Wildman–Crippen LogP) is 3.64. The van der Waals surface area contributed by atoms with Gasteiger partial charge in [-0.15, -0.1) is 24.0 Å². The molecule has 3 N–H and O–H groups in total. The van der Waals surface area contributed by atoms with E-state index in [4.69, 9.17) is 9.47 Å². The van der Waals surface area contributed by atoms with Gasteiger partial charge in [0.1, 0.15) is 17.6 Å². The number of nitrogens with zero attached hydrogens (tertiary/aromatic N) is 1. The van der Waals surface area contributed by atoms with Crippen LogP contribution in [0.3, 0.4) is 0 Å².